The molecule has 5 heteroatoms. The molecule has 0 radical (unpaired) electrons. The molecule has 0 heterocycles. The molecule has 5 nitrogen and oxygen atoms in total. The number of carboxylic acids is 2. The zero-order valence-electron chi connectivity index (χ0n) is 19.7. The predicted octanol–water partition coefficient (Wildman–Crippen LogP) is 7.17. The molecule has 0 aliphatic heterocycles. The van der Waals surface area contributed by atoms with Crippen molar-refractivity contribution in [2.75, 3.05) is 6.54 Å². The lowest BCUT2D eigenvalue weighted by atomic mass is 10.0. The van der Waals surface area contributed by atoms with E-state index >= 15 is 0 Å². The van der Waals surface area contributed by atoms with Gasteiger partial charge in [0.1, 0.15) is 0 Å². The fourth-order valence-electron chi connectivity index (χ4n) is 2.69. The molecule has 0 bridgehead atoms. The topological polar surface area (TPSA) is 101 Å². The van der Waals surface area contributed by atoms with Crippen LogP contribution in [-0.2, 0) is 9.59 Å². The van der Waals surface area contributed by atoms with E-state index in [-0.39, 0.29) is 12.8 Å². The van der Waals surface area contributed by atoms with Crippen molar-refractivity contribution in [3.63, 3.8) is 0 Å². The maximum absolute atomic E-state index is 9.37. The summed E-state index contributed by atoms with van der Waals surface area (Å²) < 4.78 is 0. The number of hydrogen-bond donors (Lipinski definition) is 3. The SMILES string of the molecule is CCC(=O)O.CCC(=O)O.CCCCCCCCCCCCCCCCCCN. The van der Waals surface area contributed by atoms with Gasteiger partial charge >= 0.3 is 11.9 Å². The van der Waals surface area contributed by atoms with Gasteiger partial charge in [-0.05, 0) is 13.0 Å². The summed E-state index contributed by atoms with van der Waals surface area (Å²) in [5, 5.41) is 15.4. The van der Waals surface area contributed by atoms with Gasteiger partial charge in [-0.15, -0.1) is 0 Å². The molecule has 0 aromatic rings. The van der Waals surface area contributed by atoms with Crippen LogP contribution in [0.25, 0.3) is 0 Å². The van der Waals surface area contributed by atoms with Gasteiger partial charge in [0, 0.05) is 12.8 Å². The van der Waals surface area contributed by atoms with E-state index < -0.39 is 11.9 Å². The van der Waals surface area contributed by atoms with Gasteiger partial charge in [-0.3, -0.25) is 9.59 Å². The zero-order valence-corrected chi connectivity index (χ0v) is 19.7. The Kier molecular flexibility index (Phi) is 35.5. The summed E-state index contributed by atoms with van der Waals surface area (Å²) >= 11 is 0. The summed E-state index contributed by atoms with van der Waals surface area (Å²) in [6, 6.07) is 0. The molecule has 0 amide bonds. The minimum absolute atomic E-state index is 0.222. The van der Waals surface area contributed by atoms with Gasteiger partial charge in [-0.25, -0.2) is 0 Å². The Balaban J connectivity index is -0.000000555. The fraction of sp³-hybridized carbons (Fsp3) is 0.917. The van der Waals surface area contributed by atoms with Crippen molar-refractivity contribution in [2.45, 2.75) is 136 Å². The molecule has 29 heavy (non-hydrogen) atoms. The summed E-state index contributed by atoms with van der Waals surface area (Å²) in [4.78, 5) is 18.7. The van der Waals surface area contributed by atoms with E-state index in [2.05, 4.69) is 6.92 Å². The maximum Gasteiger partial charge on any atom is 0.303 e. The number of unbranched alkanes of at least 4 members (excludes halogenated alkanes) is 15. The number of nitrogens with two attached hydrogens (primary N) is 1. The minimum Gasteiger partial charge on any atom is -0.481 e. The molecule has 0 saturated heterocycles. The molecular formula is C24H51NO4. The van der Waals surface area contributed by atoms with Crippen molar-refractivity contribution in [3.8, 4) is 0 Å². The first-order valence-corrected chi connectivity index (χ1v) is 12.1. The van der Waals surface area contributed by atoms with Crippen LogP contribution in [0.2, 0.25) is 0 Å². The third-order valence-electron chi connectivity index (χ3n) is 4.66. The second kappa shape index (κ2) is 31.6. The predicted molar refractivity (Wildman–Crippen MR) is 124 cm³/mol. The maximum atomic E-state index is 9.37. The van der Waals surface area contributed by atoms with Crippen molar-refractivity contribution in [3.05, 3.63) is 0 Å². The Labute approximate surface area is 180 Å². The summed E-state index contributed by atoms with van der Waals surface area (Å²) in [5.74, 6) is -1.49. The third kappa shape index (κ3) is 46.7. The highest BCUT2D eigenvalue weighted by atomic mass is 16.4. The molecule has 4 N–H and O–H groups in total. The molecular weight excluding hydrogens is 366 g/mol. The number of carboxylic acid groups (broad SMARTS) is 2. The molecule has 0 aliphatic rings. The van der Waals surface area contributed by atoms with Gasteiger partial charge in [0.05, 0.1) is 0 Å². The Bertz CT molecular complexity index is 292. The first kappa shape index (κ1) is 32.6. The smallest absolute Gasteiger partial charge is 0.303 e. The molecule has 0 fully saturated rings. The number of rotatable bonds is 18. The zero-order chi connectivity index (χ0) is 22.6. The molecule has 0 unspecified atom stereocenters. The minimum atomic E-state index is -0.745. The van der Waals surface area contributed by atoms with Gasteiger partial charge in [-0.1, -0.05) is 117 Å². The molecule has 0 aliphatic carbocycles. The molecule has 0 atom stereocenters. The van der Waals surface area contributed by atoms with E-state index in [1.54, 1.807) is 13.8 Å². The average molecular weight is 418 g/mol. The van der Waals surface area contributed by atoms with Crippen LogP contribution in [0.15, 0.2) is 0 Å². The Morgan fingerprint density at radius 3 is 0.897 bits per heavy atom. The van der Waals surface area contributed by atoms with E-state index in [0.717, 1.165) is 6.54 Å². The lowest BCUT2D eigenvalue weighted by molar-refractivity contribution is -0.137. The van der Waals surface area contributed by atoms with Crippen molar-refractivity contribution in [1.29, 1.82) is 0 Å². The molecule has 0 saturated carbocycles. The van der Waals surface area contributed by atoms with E-state index in [1.165, 1.54) is 103 Å². The van der Waals surface area contributed by atoms with Crippen molar-refractivity contribution in [1.82, 2.24) is 0 Å². The van der Waals surface area contributed by atoms with Gasteiger partial charge in [0.25, 0.3) is 0 Å². The van der Waals surface area contributed by atoms with Crippen LogP contribution in [0.5, 0.6) is 0 Å². The van der Waals surface area contributed by atoms with Gasteiger partial charge in [0.15, 0.2) is 0 Å². The third-order valence-corrected chi connectivity index (χ3v) is 4.66. The van der Waals surface area contributed by atoms with E-state index in [4.69, 9.17) is 15.9 Å². The summed E-state index contributed by atoms with van der Waals surface area (Å²) in [7, 11) is 0. The highest BCUT2D eigenvalue weighted by Crippen LogP contribution is 2.13. The molecule has 0 aromatic heterocycles. The fourth-order valence-corrected chi connectivity index (χ4v) is 2.69. The van der Waals surface area contributed by atoms with Crippen LogP contribution in [0.3, 0.4) is 0 Å². The quantitative estimate of drug-likeness (QED) is 0.205. The highest BCUT2D eigenvalue weighted by molar-refractivity contribution is 5.66. The lowest BCUT2D eigenvalue weighted by Crippen LogP contribution is -1.97. The Hall–Kier alpha value is -1.10. The largest absolute Gasteiger partial charge is 0.481 e. The van der Waals surface area contributed by atoms with Gasteiger partial charge in [0.2, 0.25) is 0 Å². The van der Waals surface area contributed by atoms with Crippen molar-refractivity contribution >= 4 is 11.9 Å². The summed E-state index contributed by atoms with van der Waals surface area (Å²) in [6.07, 6.45) is 23.3. The van der Waals surface area contributed by atoms with Gasteiger partial charge in [-0.2, -0.15) is 0 Å². The summed E-state index contributed by atoms with van der Waals surface area (Å²) in [6.45, 7) is 6.36. The second-order valence-corrected chi connectivity index (χ2v) is 7.59. The van der Waals surface area contributed by atoms with Crippen LogP contribution in [0.1, 0.15) is 136 Å². The van der Waals surface area contributed by atoms with E-state index in [0.29, 0.717) is 0 Å². The van der Waals surface area contributed by atoms with Crippen molar-refractivity contribution < 1.29 is 19.8 Å². The van der Waals surface area contributed by atoms with Gasteiger partial charge < -0.3 is 15.9 Å². The van der Waals surface area contributed by atoms with Crippen LogP contribution in [0.4, 0.5) is 0 Å². The second-order valence-electron chi connectivity index (χ2n) is 7.59. The Morgan fingerprint density at radius 1 is 0.517 bits per heavy atom. The Morgan fingerprint density at radius 2 is 0.724 bits per heavy atom. The van der Waals surface area contributed by atoms with Crippen molar-refractivity contribution in [2.24, 2.45) is 5.73 Å². The van der Waals surface area contributed by atoms with Crippen LogP contribution in [-0.4, -0.2) is 28.7 Å². The first-order chi connectivity index (χ1) is 14.0. The number of hydrogen-bond acceptors (Lipinski definition) is 3. The molecule has 0 aromatic carbocycles. The first-order valence-electron chi connectivity index (χ1n) is 12.1. The average Bonchev–Trinajstić information content (AvgIpc) is 2.71. The normalized spacial score (nSPS) is 9.79. The van der Waals surface area contributed by atoms with E-state index in [9.17, 15) is 9.59 Å². The molecule has 0 spiro atoms. The molecule has 176 valence electrons. The monoisotopic (exact) mass is 417 g/mol. The van der Waals surface area contributed by atoms with E-state index in [1.807, 2.05) is 0 Å². The standard InChI is InChI=1S/C18H39N.2C3H6O2/c1-2-3-4-5-6-7-8-9-10-11-12-13-14-15-16-17-18-19;2*1-2-3(4)5/h2-19H2,1H3;2*2H2,1H3,(H,4,5). The lowest BCUT2D eigenvalue weighted by Gasteiger charge is -2.03. The molecule has 0 rings (SSSR count). The highest BCUT2D eigenvalue weighted by Gasteiger charge is 1.94. The summed E-state index contributed by atoms with van der Waals surface area (Å²) in [5.41, 5.74) is 5.48. The van der Waals surface area contributed by atoms with Crippen LogP contribution in [0, 0.1) is 0 Å². The van der Waals surface area contributed by atoms with Crippen LogP contribution >= 0.6 is 0 Å². The number of carbonyl (C=O) groups is 2. The number of aliphatic carboxylic acids is 2. The van der Waals surface area contributed by atoms with Crippen LogP contribution < -0.4 is 5.73 Å².